The molecule has 2 rings (SSSR count). The summed E-state index contributed by atoms with van der Waals surface area (Å²) < 4.78 is 4.96. The molecule has 1 aliphatic heterocycles. The van der Waals surface area contributed by atoms with E-state index in [2.05, 4.69) is 15.0 Å². The van der Waals surface area contributed by atoms with Gasteiger partial charge in [-0.1, -0.05) is 0 Å². The van der Waals surface area contributed by atoms with E-state index < -0.39 is 0 Å². The van der Waals surface area contributed by atoms with Gasteiger partial charge in [0.2, 0.25) is 5.95 Å². The predicted molar refractivity (Wildman–Crippen MR) is 67.0 cm³/mol. The van der Waals surface area contributed by atoms with Crippen LogP contribution in [-0.4, -0.2) is 46.4 Å². The molecule has 2 heterocycles. The summed E-state index contributed by atoms with van der Waals surface area (Å²) in [6.07, 6.45) is 4.58. The third-order valence-corrected chi connectivity index (χ3v) is 2.68. The van der Waals surface area contributed by atoms with E-state index in [-0.39, 0.29) is 6.09 Å². The van der Waals surface area contributed by atoms with E-state index in [1.54, 1.807) is 23.4 Å². The summed E-state index contributed by atoms with van der Waals surface area (Å²) in [5.41, 5.74) is 1.03. The Balaban J connectivity index is 1.91. The van der Waals surface area contributed by atoms with Gasteiger partial charge in [-0.3, -0.25) is 0 Å². The Morgan fingerprint density at radius 3 is 2.67 bits per heavy atom. The molecule has 1 saturated heterocycles. The molecule has 0 unspecified atom stereocenters. The monoisotopic (exact) mass is 248 g/mol. The van der Waals surface area contributed by atoms with Crippen molar-refractivity contribution in [2.75, 3.05) is 19.7 Å². The van der Waals surface area contributed by atoms with Crippen LogP contribution < -0.4 is 0 Å². The minimum atomic E-state index is -0.243. The van der Waals surface area contributed by atoms with Crippen LogP contribution in [0.4, 0.5) is 10.7 Å². The highest BCUT2D eigenvalue weighted by Gasteiger charge is 2.20. The Morgan fingerprint density at radius 2 is 2.06 bits per heavy atom. The molecule has 6 heteroatoms. The summed E-state index contributed by atoms with van der Waals surface area (Å²) in [6.45, 7) is 3.50. The van der Waals surface area contributed by atoms with E-state index in [1.165, 1.54) is 0 Å². The lowest BCUT2D eigenvalue weighted by atomic mass is 10.1. The van der Waals surface area contributed by atoms with Crippen LogP contribution in [0.15, 0.2) is 23.5 Å². The topological polar surface area (TPSA) is 67.7 Å². The van der Waals surface area contributed by atoms with Gasteiger partial charge in [0.15, 0.2) is 0 Å². The molecule has 0 saturated carbocycles. The Bertz CT molecular complexity index is 423. The number of hydrogen-bond donors (Lipinski definition) is 0. The first-order valence-corrected chi connectivity index (χ1v) is 6.04. The van der Waals surface area contributed by atoms with Gasteiger partial charge in [-0.25, -0.2) is 19.8 Å². The second-order valence-electron chi connectivity index (χ2n) is 3.91. The average molecular weight is 248 g/mol. The Labute approximate surface area is 106 Å². The predicted octanol–water partition coefficient (Wildman–Crippen LogP) is 1.80. The van der Waals surface area contributed by atoms with E-state index in [0.29, 0.717) is 25.6 Å². The molecule has 1 fully saturated rings. The molecule has 0 atom stereocenters. The van der Waals surface area contributed by atoms with Gasteiger partial charge in [0.1, 0.15) is 0 Å². The van der Waals surface area contributed by atoms with Crippen LogP contribution in [0.5, 0.6) is 0 Å². The SMILES string of the molecule is CCOC(=O)N1CCC(=Nc2ncccn2)CC1. The van der Waals surface area contributed by atoms with Gasteiger partial charge in [-0.2, -0.15) is 0 Å². The van der Waals surface area contributed by atoms with Gasteiger partial charge < -0.3 is 9.64 Å². The number of rotatable bonds is 2. The fraction of sp³-hybridized carbons (Fsp3) is 0.500. The van der Waals surface area contributed by atoms with Crippen molar-refractivity contribution in [3.63, 3.8) is 0 Å². The van der Waals surface area contributed by atoms with E-state index in [0.717, 1.165) is 18.6 Å². The zero-order chi connectivity index (χ0) is 12.8. The van der Waals surface area contributed by atoms with Gasteiger partial charge in [0.05, 0.1) is 6.61 Å². The number of aromatic nitrogens is 2. The number of aliphatic imine (C=N–C) groups is 1. The van der Waals surface area contributed by atoms with Crippen LogP contribution in [-0.2, 0) is 4.74 Å². The highest BCUT2D eigenvalue weighted by molar-refractivity contribution is 5.88. The molecule has 0 aromatic carbocycles. The van der Waals surface area contributed by atoms with Gasteiger partial charge in [-0.05, 0) is 13.0 Å². The number of carbonyl (C=O) groups excluding carboxylic acids is 1. The molecule has 0 bridgehead atoms. The molecule has 1 aromatic heterocycles. The molecule has 0 N–H and O–H groups in total. The summed E-state index contributed by atoms with van der Waals surface area (Å²) >= 11 is 0. The van der Waals surface area contributed by atoms with Crippen LogP contribution in [0.25, 0.3) is 0 Å². The number of nitrogens with zero attached hydrogens (tertiary/aromatic N) is 4. The summed E-state index contributed by atoms with van der Waals surface area (Å²) in [5, 5.41) is 0. The van der Waals surface area contributed by atoms with E-state index in [9.17, 15) is 4.79 Å². The van der Waals surface area contributed by atoms with Crippen molar-refractivity contribution in [1.82, 2.24) is 14.9 Å². The molecule has 6 nitrogen and oxygen atoms in total. The van der Waals surface area contributed by atoms with Crippen molar-refractivity contribution in [1.29, 1.82) is 0 Å². The second-order valence-corrected chi connectivity index (χ2v) is 3.91. The number of carbonyl (C=O) groups is 1. The first-order chi connectivity index (χ1) is 8.79. The quantitative estimate of drug-likeness (QED) is 0.800. The summed E-state index contributed by atoms with van der Waals surface area (Å²) in [5.74, 6) is 0.483. The number of hydrogen-bond acceptors (Lipinski definition) is 5. The number of amides is 1. The lowest BCUT2D eigenvalue weighted by molar-refractivity contribution is 0.107. The molecular weight excluding hydrogens is 232 g/mol. The molecule has 0 spiro atoms. The minimum absolute atomic E-state index is 0.243. The van der Waals surface area contributed by atoms with Crippen LogP contribution in [0.2, 0.25) is 0 Å². The van der Waals surface area contributed by atoms with Gasteiger partial charge >= 0.3 is 6.09 Å². The molecule has 0 aliphatic carbocycles. The molecule has 18 heavy (non-hydrogen) atoms. The average Bonchev–Trinajstić information content (AvgIpc) is 2.41. The zero-order valence-corrected chi connectivity index (χ0v) is 10.4. The van der Waals surface area contributed by atoms with Crippen LogP contribution in [0, 0.1) is 0 Å². The molecule has 1 aromatic rings. The van der Waals surface area contributed by atoms with E-state index >= 15 is 0 Å². The van der Waals surface area contributed by atoms with Crippen molar-refractivity contribution in [3.05, 3.63) is 18.5 Å². The Morgan fingerprint density at radius 1 is 1.39 bits per heavy atom. The van der Waals surface area contributed by atoms with Crippen molar-refractivity contribution in [2.45, 2.75) is 19.8 Å². The van der Waals surface area contributed by atoms with Crippen LogP contribution in [0.3, 0.4) is 0 Å². The van der Waals surface area contributed by atoms with E-state index in [4.69, 9.17) is 4.74 Å². The summed E-state index contributed by atoms with van der Waals surface area (Å²) in [6, 6.07) is 1.76. The lowest BCUT2D eigenvalue weighted by Crippen LogP contribution is -2.39. The first kappa shape index (κ1) is 12.5. The van der Waals surface area contributed by atoms with Crippen molar-refractivity contribution >= 4 is 17.8 Å². The van der Waals surface area contributed by atoms with Crippen LogP contribution >= 0.6 is 0 Å². The highest BCUT2D eigenvalue weighted by atomic mass is 16.6. The molecule has 1 aliphatic rings. The number of ether oxygens (including phenoxy) is 1. The minimum Gasteiger partial charge on any atom is -0.450 e. The summed E-state index contributed by atoms with van der Waals surface area (Å²) in [7, 11) is 0. The molecule has 1 amide bonds. The van der Waals surface area contributed by atoms with Crippen molar-refractivity contribution < 1.29 is 9.53 Å². The van der Waals surface area contributed by atoms with Crippen molar-refractivity contribution in [3.8, 4) is 0 Å². The largest absolute Gasteiger partial charge is 0.450 e. The maximum absolute atomic E-state index is 11.5. The van der Waals surface area contributed by atoms with Crippen LogP contribution in [0.1, 0.15) is 19.8 Å². The lowest BCUT2D eigenvalue weighted by Gasteiger charge is -2.26. The third kappa shape index (κ3) is 3.26. The second kappa shape index (κ2) is 6.09. The van der Waals surface area contributed by atoms with Gasteiger partial charge in [0, 0.05) is 44.0 Å². The normalized spacial score (nSPS) is 15.4. The Hall–Kier alpha value is -1.98. The molecule has 0 radical (unpaired) electrons. The zero-order valence-electron chi connectivity index (χ0n) is 10.4. The number of piperidine rings is 1. The molecular formula is C12H16N4O2. The summed E-state index contributed by atoms with van der Waals surface area (Å²) in [4.78, 5) is 25.7. The standard InChI is InChI=1S/C12H16N4O2/c1-2-18-12(17)16-8-4-10(5-9-16)15-11-13-6-3-7-14-11/h3,6-7H,2,4-5,8-9H2,1H3. The number of likely N-dealkylation sites (tertiary alicyclic amines) is 1. The smallest absolute Gasteiger partial charge is 0.409 e. The van der Waals surface area contributed by atoms with Crippen molar-refractivity contribution in [2.24, 2.45) is 4.99 Å². The van der Waals surface area contributed by atoms with Gasteiger partial charge in [0.25, 0.3) is 0 Å². The third-order valence-electron chi connectivity index (χ3n) is 2.68. The fourth-order valence-electron chi connectivity index (χ4n) is 1.76. The maximum atomic E-state index is 11.5. The van der Waals surface area contributed by atoms with E-state index in [1.807, 2.05) is 6.92 Å². The highest BCUT2D eigenvalue weighted by Crippen LogP contribution is 2.12. The first-order valence-electron chi connectivity index (χ1n) is 6.04. The maximum Gasteiger partial charge on any atom is 0.409 e. The van der Waals surface area contributed by atoms with Gasteiger partial charge in [-0.15, -0.1) is 0 Å². The molecule has 96 valence electrons. The Kier molecular flexibility index (Phi) is 4.22. The fourth-order valence-corrected chi connectivity index (χ4v) is 1.76.